The molecule has 5 nitrogen and oxygen atoms in total. The van der Waals surface area contributed by atoms with Crippen LogP contribution in [0.1, 0.15) is 24.4 Å². The summed E-state index contributed by atoms with van der Waals surface area (Å²) >= 11 is 9.65. The van der Waals surface area contributed by atoms with Crippen LogP contribution in [0.5, 0.6) is 11.5 Å². The Hall–Kier alpha value is -1.76. The van der Waals surface area contributed by atoms with Crippen molar-refractivity contribution in [2.24, 2.45) is 0 Å². The van der Waals surface area contributed by atoms with Gasteiger partial charge in [0.25, 0.3) is 0 Å². The molecule has 1 aliphatic rings. The largest absolute Gasteiger partial charge is 0.495 e. The molecule has 2 aromatic carbocycles. The van der Waals surface area contributed by atoms with E-state index in [1.54, 1.807) is 12.1 Å². The number of rotatable bonds is 6. The summed E-state index contributed by atoms with van der Waals surface area (Å²) < 4.78 is 11.6. The van der Waals surface area contributed by atoms with Crippen LogP contribution in [-0.4, -0.2) is 38.1 Å². The summed E-state index contributed by atoms with van der Waals surface area (Å²) in [5.41, 5.74) is 1.77. The van der Waals surface area contributed by atoms with Crippen LogP contribution < -0.4 is 14.8 Å². The molecule has 1 heterocycles. The first-order valence-electron chi connectivity index (χ1n) is 8.72. The van der Waals surface area contributed by atoms with Crippen LogP contribution in [0.3, 0.4) is 0 Å². The number of methoxy groups -OCH3 is 2. The van der Waals surface area contributed by atoms with E-state index in [0.29, 0.717) is 28.8 Å². The molecule has 0 radical (unpaired) electrons. The first kappa shape index (κ1) is 20.0. The lowest BCUT2D eigenvalue weighted by molar-refractivity contribution is -0.117. The maximum Gasteiger partial charge on any atom is 0.238 e. The molecule has 144 valence electrons. The van der Waals surface area contributed by atoms with Gasteiger partial charge in [-0.1, -0.05) is 39.7 Å². The van der Waals surface area contributed by atoms with E-state index in [9.17, 15) is 4.79 Å². The molecule has 1 saturated heterocycles. The van der Waals surface area contributed by atoms with Crippen molar-refractivity contribution in [1.29, 1.82) is 0 Å². The minimum atomic E-state index is -0.0976. The lowest BCUT2D eigenvalue weighted by atomic mass is 10.0. The fourth-order valence-electron chi connectivity index (χ4n) is 3.44. The fraction of sp³-hybridized carbons (Fsp3) is 0.350. The number of ether oxygens (including phenoxy) is 2. The number of anilines is 1. The normalized spacial score (nSPS) is 17.0. The standard InChI is InChI=1S/C20H22BrClN2O3/c1-26-18-11-16(19(27-2)10-15(18)22)23-20(25)12-24-8-4-7-17(24)13-5-3-6-14(21)9-13/h3,5-6,9-11,17H,4,7-8,12H2,1-2H3,(H,23,25). The van der Waals surface area contributed by atoms with Crippen molar-refractivity contribution in [3.63, 3.8) is 0 Å². The second-order valence-electron chi connectivity index (χ2n) is 6.42. The van der Waals surface area contributed by atoms with Gasteiger partial charge in [-0.2, -0.15) is 0 Å². The molecule has 3 rings (SSSR count). The molecule has 0 aromatic heterocycles. The number of hydrogen-bond donors (Lipinski definition) is 1. The van der Waals surface area contributed by atoms with Crippen molar-refractivity contribution >= 4 is 39.1 Å². The number of carbonyl (C=O) groups excluding carboxylic acids is 1. The molecule has 1 aliphatic heterocycles. The van der Waals surface area contributed by atoms with Crippen molar-refractivity contribution in [3.8, 4) is 11.5 Å². The first-order valence-corrected chi connectivity index (χ1v) is 9.89. The molecule has 0 bridgehead atoms. The van der Waals surface area contributed by atoms with E-state index in [2.05, 4.69) is 38.3 Å². The van der Waals surface area contributed by atoms with Crippen LogP contribution in [0.15, 0.2) is 40.9 Å². The lowest BCUT2D eigenvalue weighted by Crippen LogP contribution is -2.33. The molecular formula is C20H22BrClN2O3. The molecule has 1 amide bonds. The third kappa shape index (κ3) is 4.75. The third-order valence-electron chi connectivity index (χ3n) is 4.69. The van der Waals surface area contributed by atoms with Crippen LogP contribution in [0.4, 0.5) is 5.69 Å². The summed E-state index contributed by atoms with van der Waals surface area (Å²) in [6, 6.07) is 11.8. The maximum absolute atomic E-state index is 12.7. The van der Waals surface area contributed by atoms with Crippen LogP contribution in [-0.2, 0) is 4.79 Å². The van der Waals surface area contributed by atoms with Gasteiger partial charge in [0.2, 0.25) is 5.91 Å². The maximum atomic E-state index is 12.7. The fourth-order valence-corrected chi connectivity index (χ4v) is 4.09. The van der Waals surface area contributed by atoms with E-state index in [-0.39, 0.29) is 11.9 Å². The van der Waals surface area contributed by atoms with Gasteiger partial charge in [-0.15, -0.1) is 0 Å². The number of nitrogens with one attached hydrogen (secondary N) is 1. The van der Waals surface area contributed by atoms with Crippen LogP contribution >= 0.6 is 27.5 Å². The quantitative estimate of drug-likeness (QED) is 0.676. The highest BCUT2D eigenvalue weighted by Gasteiger charge is 2.28. The molecule has 1 unspecified atom stereocenters. The van der Waals surface area contributed by atoms with Crippen molar-refractivity contribution in [2.45, 2.75) is 18.9 Å². The number of hydrogen-bond acceptors (Lipinski definition) is 4. The Morgan fingerprint density at radius 1 is 1.26 bits per heavy atom. The highest BCUT2D eigenvalue weighted by atomic mass is 79.9. The van der Waals surface area contributed by atoms with Gasteiger partial charge < -0.3 is 14.8 Å². The van der Waals surface area contributed by atoms with Crippen LogP contribution in [0, 0.1) is 0 Å². The summed E-state index contributed by atoms with van der Waals surface area (Å²) in [5.74, 6) is 0.889. The molecule has 1 fully saturated rings. The van der Waals surface area contributed by atoms with E-state index >= 15 is 0 Å². The monoisotopic (exact) mass is 452 g/mol. The van der Waals surface area contributed by atoms with Gasteiger partial charge in [0.05, 0.1) is 31.5 Å². The molecule has 7 heteroatoms. The van der Waals surface area contributed by atoms with E-state index in [4.69, 9.17) is 21.1 Å². The zero-order valence-corrected chi connectivity index (χ0v) is 17.6. The Kier molecular flexibility index (Phi) is 6.63. The minimum Gasteiger partial charge on any atom is -0.495 e. The number of carbonyl (C=O) groups is 1. The Bertz CT molecular complexity index is 831. The second kappa shape index (κ2) is 8.95. The van der Waals surface area contributed by atoms with Crippen molar-refractivity contribution in [2.75, 3.05) is 32.6 Å². The van der Waals surface area contributed by atoms with Crippen molar-refractivity contribution < 1.29 is 14.3 Å². The summed E-state index contributed by atoms with van der Waals surface area (Å²) in [6.07, 6.45) is 2.12. The Balaban J connectivity index is 1.72. The Labute approximate surface area is 172 Å². The van der Waals surface area contributed by atoms with Gasteiger partial charge in [0, 0.05) is 22.6 Å². The van der Waals surface area contributed by atoms with Crippen LogP contribution in [0.25, 0.3) is 0 Å². The average molecular weight is 454 g/mol. The number of amides is 1. The van der Waals surface area contributed by atoms with Gasteiger partial charge in [0.1, 0.15) is 11.5 Å². The minimum absolute atomic E-state index is 0.0976. The summed E-state index contributed by atoms with van der Waals surface area (Å²) in [7, 11) is 3.07. The van der Waals surface area contributed by atoms with Crippen LogP contribution in [0.2, 0.25) is 5.02 Å². The predicted molar refractivity (Wildman–Crippen MR) is 111 cm³/mol. The zero-order valence-electron chi connectivity index (χ0n) is 15.3. The number of likely N-dealkylation sites (tertiary alicyclic amines) is 1. The van der Waals surface area contributed by atoms with Gasteiger partial charge >= 0.3 is 0 Å². The summed E-state index contributed by atoms with van der Waals surface area (Å²) in [6.45, 7) is 1.21. The third-order valence-corrected chi connectivity index (χ3v) is 5.48. The van der Waals surface area contributed by atoms with Gasteiger partial charge in [-0.05, 0) is 37.1 Å². The average Bonchev–Trinajstić information content (AvgIpc) is 3.10. The van der Waals surface area contributed by atoms with E-state index in [1.165, 1.54) is 19.8 Å². The SMILES string of the molecule is COc1cc(NC(=O)CN2CCCC2c2cccc(Br)c2)c(OC)cc1Cl. The highest BCUT2D eigenvalue weighted by Crippen LogP contribution is 2.36. The highest BCUT2D eigenvalue weighted by molar-refractivity contribution is 9.10. The Morgan fingerprint density at radius 3 is 2.74 bits per heavy atom. The van der Waals surface area contributed by atoms with E-state index < -0.39 is 0 Å². The number of benzene rings is 2. The summed E-state index contributed by atoms with van der Waals surface area (Å²) in [4.78, 5) is 14.9. The van der Waals surface area contributed by atoms with Crippen molar-refractivity contribution in [3.05, 3.63) is 51.5 Å². The van der Waals surface area contributed by atoms with Crippen molar-refractivity contribution in [1.82, 2.24) is 4.90 Å². The predicted octanol–water partition coefficient (Wildman–Crippen LogP) is 4.90. The molecule has 0 aliphatic carbocycles. The smallest absolute Gasteiger partial charge is 0.238 e. The molecule has 2 aromatic rings. The summed E-state index contributed by atoms with van der Waals surface area (Å²) in [5, 5.41) is 3.35. The molecule has 27 heavy (non-hydrogen) atoms. The number of halogens is 2. The van der Waals surface area contributed by atoms with E-state index in [0.717, 1.165) is 23.9 Å². The second-order valence-corrected chi connectivity index (χ2v) is 7.74. The van der Waals surface area contributed by atoms with Gasteiger partial charge in [0.15, 0.2) is 0 Å². The number of nitrogens with zero attached hydrogens (tertiary/aromatic N) is 1. The zero-order chi connectivity index (χ0) is 19.4. The molecule has 0 saturated carbocycles. The molecule has 0 spiro atoms. The molecule has 1 N–H and O–H groups in total. The molecular weight excluding hydrogens is 432 g/mol. The van der Waals surface area contributed by atoms with Gasteiger partial charge in [-0.25, -0.2) is 0 Å². The lowest BCUT2D eigenvalue weighted by Gasteiger charge is -2.24. The topological polar surface area (TPSA) is 50.8 Å². The van der Waals surface area contributed by atoms with E-state index in [1.807, 2.05) is 12.1 Å². The first-order chi connectivity index (χ1) is 13.0. The Morgan fingerprint density at radius 2 is 2.04 bits per heavy atom. The molecule has 1 atom stereocenters. The van der Waals surface area contributed by atoms with Gasteiger partial charge in [-0.3, -0.25) is 9.69 Å².